The number of ether oxygens (including phenoxy) is 2. The van der Waals surface area contributed by atoms with Gasteiger partial charge in [0.2, 0.25) is 5.91 Å². The minimum absolute atomic E-state index is 0.0534. The van der Waals surface area contributed by atoms with Gasteiger partial charge in [0.25, 0.3) is 0 Å². The lowest BCUT2D eigenvalue weighted by atomic mass is 9.85. The van der Waals surface area contributed by atoms with Gasteiger partial charge in [-0.05, 0) is 33.1 Å². The molecule has 0 aliphatic heterocycles. The van der Waals surface area contributed by atoms with E-state index in [-0.39, 0.29) is 24.2 Å². The van der Waals surface area contributed by atoms with Gasteiger partial charge in [-0.1, -0.05) is 6.42 Å². The largest absolute Gasteiger partial charge is 0.351 e. The highest BCUT2D eigenvalue weighted by atomic mass is 16.7. The molecule has 0 bridgehead atoms. The van der Waals surface area contributed by atoms with Crippen molar-refractivity contribution in [2.75, 3.05) is 19.8 Å². The van der Waals surface area contributed by atoms with E-state index in [1.807, 2.05) is 13.8 Å². The number of amides is 1. The van der Waals surface area contributed by atoms with E-state index in [4.69, 9.17) is 15.2 Å². The molecule has 3 N–H and O–H groups in total. The summed E-state index contributed by atoms with van der Waals surface area (Å²) >= 11 is 0. The smallest absolute Gasteiger partial charge is 0.223 e. The van der Waals surface area contributed by atoms with Crippen molar-refractivity contribution in [3.8, 4) is 0 Å². The van der Waals surface area contributed by atoms with Crippen LogP contribution >= 0.6 is 0 Å². The lowest BCUT2D eigenvalue weighted by Crippen LogP contribution is -2.41. The van der Waals surface area contributed by atoms with E-state index < -0.39 is 0 Å². The van der Waals surface area contributed by atoms with Gasteiger partial charge in [-0.2, -0.15) is 0 Å². The molecule has 5 nitrogen and oxygen atoms in total. The molecule has 0 heterocycles. The summed E-state index contributed by atoms with van der Waals surface area (Å²) < 4.78 is 10.8. The average molecular weight is 258 g/mol. The van der Waals surface area contributed by atoms with E-state index in [0.29, 0.717) is 19.8 Å². The van der Waals surface area contributed by atoms with Crippen LogP contribution in [-0.2, 0) is 14.3 Å². The number of hydrogen-bond acceptors (Lipinski definition) is 4. The number of hydrogen-bond donors (Lipinski definition) is 2. The molecule has 1 rings (SSSR count). The topological polar surface area (TPSA) is 73.6 Å². The zero-order valence-corrected chi connectivity index (χ0v) is 11.5. The molecule has 2 atom stereocenters. The summed E-state index contributed by atoms with van der Waals surface area (Å²) in [5, 5.41) is 2.90. The van der Waals surface area contributed by atoms with Crippen molar-refractivity contribution < 1.29 is 14.3 Å². The molecule has 0 aromatic heterocycles. The first-order valence-electron chi connectivity index (χ1n) is 6.93. The third-order valence-corrected chi connectivity index (χ3v) is 3.23. The Kier molecular flexibility index (Phi) is 7.23. The standard InChI is InChI=1S/C13H26N2O3/c1-3-17-12(18-4-2)9-15-13(16)10-6-5-7-11(14)8-10/h10-12H,3-9,14H2,1-2H3,(H,15,16). The second kappa shape index (κ2) is 8.45. The highest BCUT2D eigenvalue weighted by molar-refractivity contribution is 5.78. The molecule has 18 heavy (non-hydrogen) atoms. The van der Waals surface area contributed by atoms with Crippen molar-refractivity contribution in [1.29, 1.82) is 0 Å². The molecule has 5 heteroatoms. The van der Waals surface area contributed by atoms with Crippen molar-refractivity contribution in [3.63, 3.8) is 0 Å². The van der Waals surface area contributed by atoms with Crippen LogP contribution in [0.15, 0.2) is 0 Å². The molecule has 0 saturated heterocycles. The van der Waals surface area contributed by atoms with Crippen molar-refractivity contribution in [3.05, 3.63) is 0 Å². The number of carbonyl (C=O) groups is 1. The molecule has 0 aromatic carbocycles. The number of nitrogens with two attached hydrogens (primary N) is 1. The Morgan fingerprint density at radius 2 is 2.00 bits per heavy atom. The molecular weight excluding hydrogens is 232 g/mol. The fourth-order valence-electron chi connectivity index (χ4n) is 2.33. The maximum atomic E-state index is 12.0. The molecule has 1 fully saturated rings. The van der Waals surface area contributed by atoms with Gasteiger partial charge in [0, 0.05) is 25.2 Å². The molecule has 0 radical (unpaired) electrons. The first-order chi connectivity index (χ1) is 8.67. The summed E-state index contributed by atoms with van der Waals surface area (Å²) in [6.07, 6.45) is 3.46. The van der Waals surface area contributed by atoms with E-state index in [2.05, 4.69) is 5.32 Å². The molecule has 1 saturated carbocycles. The van der Waals surface area contributed by atoms with Gasteiger partial charge in [-0.3, -0.25) is 4.79 Å². The van der Waals surface area contributed by atoms with Crippen molar-refractivity contribution in [2.45, 2.75) is 51.9 Å². The predicted octanol–water partition coefficient (Wildman–Crippen LogP) is 1.02. The molecule has 106 valence electrons. The minimum Gasteiger partial charge on any atom is -0.351 e. The molecule has 1 aliphatic rings. The second-order valence-electron chi connectivity index (χ2n) is 4.71. The molecule has 0 aromatic rings. The quantitative estimate of drug-likeness (QED) is 0.669. The molecule has 1 amide bonds. The van der Waals surface area contributed by atoms with Crippen LogP contribution in [0.25, 0.3) is 0 Å². The SMILES string of the molecule is CCOC(CNC(=O)C1CCCC(N)C1)OCC. The summed E-state index contributed by atoms with van der Waals surface area (Å²) in [5.74, 6) is 0.132. The summed E-state index contributed by atoms with van der Waals surface area (Å²) in [4.78, 5) is 12.0. The first kappa shape index (κ1) is 15.4. The maximum Gasteiger partial charge on any atom is 0.223 e. The second-order valence-corrected chi connectivity index (χ2v) is 4.71. The van der Waals surface area contributed by atoms with E-state index in [9.17, 15) is 4.79 Å². The van der Waals surface area contributed by atoms with E-state index >= 15 is 0 Å². The summed E-state index contributed by atoms with van der Waals surface area (Å²) in [7, 11) is 0. The van der Waals surface area contributed by atoms with Gasteiger partial charge in [-0.25, -0.2) is 0 Å². The average Bonchev–Trinajstić information content (AvgIpc) is 2.36. The maximum absolute atomic E-state index is 12.0. The van der Waals surface area contributed by atoms with Crippen molar-refractivity contribution >= 4 is 5.91 Å². The fraction of sp³-hybridized carbons (Fsp3) is 0.923. The van der Waals surface area contributed by atoms with Crippen LogP contribution < -0.4 is 11.1 Å². The lowest BCUT2D eigenvalue weighted by Gasteiger charge is -2.26. The van der Waals surface area contributed by atoms with Gasteiger partial charge in [0.1, 0.15) is 0 Å². The first-order valence-corrected chi connectivity index (χ1v) is 6.93. The Hall–Kier alpha value is -0.650. The highest BCUT2D eigenvalue weighted by Crippen LogP contribution is 2.23. The zero-order valence-electron chi connectivity index (χ0n) is 11.5. The third kappa shape index (κ3) is 5.33. The third-order valence-electron chi connectivity index (χ3n) is 3.23. The summed E-state index contributed by atoms with van der Waals surface area (Å²) in [5.41, 5.74) is 5.88. The molecule has 2 unspecified atom stereocenters. The Labute approximate surface area is 109 Å². The zero-order chi connectivity index (χ0) is 13.4. The fourth-order valence-corrected chi connectivity index (χ4v) is 2.33. The van der Waals surface area contributed by atoms with Crippen molar-refractivity contribution in [2.24, 2.45) is 11.7 Å². The van der Waals surface area contributed by atoms with Gasteiger partial charge in [0.15, 0.2) is 6.29 Å². The van der Waals surface area contributed by atoms with Gasteiger partial charge < -0.3 is 20.5 Å². The monoisotopic (exact) mass is 258 g/mol. The Bertz CT molecular complexity index is 242. The van der Waals surface area contributed by atoms with Crippen LogP contribution in [0, 0.1) is 5.92 Å². The van der Waals surface area contributed by atoms with Crippen LogP contribution in [0.5, 0.6) is 0 Å². The Morgan fingerprint density at radius 3 is 2.56 bits per heavy atom. The predicted molar refractivity (Wildman–Crippen MR) is 70.0 cm³/mol. The van der Waals surface area contributed by atoms with E-state index in [1.165, 1.54) is 0 Å². The van der Waals surface area contributed by atoms with Gasteiger partial charge in [0.05, 0.1) is 6.54 Å². The van der Waals surface area contributed by atoms with E-state index in [0.717, 1.165) is 25.7 Å². The van der Waals surface area contributed by atoms with Crippen LogP contribution in [0.3, 0.4) is 0 Å². The summed E-state index contributed by atoms with van der Waals surface area (Å²) in [6.45, 7) is 5.39. The Balaban J connectivity index is 2.29. The highest BCUT2D eigenvalue weighted by Gasteiger charge is 2.25. The van der Waals surface area contributed by atoms with Gasteiger partial charge in [-0.15, -0.1) is 0 Å². The number of nitrogens with one attached hydrogen (secondary N) is 1. The molecular formula is C13H26N2O3. The van der Waals surface area contributed by atoms with Gasteiger partial charge >= 0.3 is 0 Å². The molecule has 0 spiro atoms. The number of carbonyl (C=O) groups excluding carboxylic acids is 1. The van der Waals surface area contributed by atoms with Crippen LogP contribution in [0.4, 0.5) is 0 Å². The van der Waals surface area contributed by atoms with Crippen LogP contribution in [-0.4, -0.2) is 38.0 Å². The van der Waals surface area contributed by atoms with Crippen molar-refractivity contribution in [1.82, 2.24) is 5.32 Å². The van der Waals surface area contributed by atoms with Crippen LogP contribution in [0.1, 0.15) is 39.5 Å². The Morgan fingerprint density at radius 1 is 1.33 bits per heavy atom. The summed E-state index contributed by atoms with van der Waals surface area (Å²) in [6, 6.07) is 0.170. The number of rotatable bonds is 7. The molecule has 1 aliphatic carbocycles. The lowest BCUT2D eigenvalue weighted by molar-refractivity contribution is -0.142. The minimum atomic E-state index is -0.346. The van der Waals surface area contributed by atoms with Crippen LogP contribution in [0.2, 0.25) is 0 Å². The van der Waals surface area contributed by atoms with E-state index in [1.54, 1.807) is 0 Å². The normalized spacial score (nSPS) is 24.2.